The molecule has 2 aromatic heterocycles. The molecule has 1 aliphatic rings. The molecule has 4 aromatic rings. The summed E-state index contributed by atoms with van der Waals surface area (Å²) in [6, 6.07) is 20.2. The van der Waals surface area contributed by atoms with Crippen molar-refractivity contribution in [1.29, 1.82) is 0 Å². The summed E-state index contributed by atoms with van der Waals surface area (Å²) < 4.78 is 14.3. The van der Waals surface area contributed by atoms with Gasteiger partial charge >= 0.3 is 0 Å². The first-order chi connectivity index (χ1) is 19.0. The Bertz CT molecular complexity index is 1440. The number of nitrogens with one attached hydrogen (secondary N) is 1. The Morgan fingerprint density at radius 3 is 2.49 bits per heavy atom. The van der Waals surface area contributed by atoms with Crippen molar-refractivity contribution in [3.8, 4) is 0 Å². The third kappa shape index (κ3) is 6.54. The van der Waals surface area contributed by atoms with E-state index in [-0.39, 0.29) is 11.7 Å². The van der Waals surface area contributed by atoms with E-state index in [0.717, 1.165) is 54.5 Å². The van der Waals surface area contributed by atoms with Crippen LogP contribution in [-0.2, 0) is 12.3 Å². The Morgan fingerprint density at radius 2 is 1.72 bits per heavy atom. The van der Waals surface area contributed by atoms with Crippen LogP contribution >= 0.6 is 11.8 Å². The van der Waals surface area contributed by atoms with E-state index in [1.54, 1.807) is 24.0 Å². The van der Waals surface area contributed by atoms with Gasteiger partial charge in [-0.2, -0.15) is 0 Å². The number of pyridine rings is 1. The summed E-state index contributed by atoms with van der Waals surface area (Å²) in [5.74, 6) is 1.26. The number of aromatic nitrogens is 3. The third-order valence-corrected chi connectivity index (χ3v) is 7.75. The average molecular weight is 543 g/mol. The Morgan fingerprint density at radius 1 is 0.949 bits per heavy atom. The van der Waals surface area contributed by atoms with E-state index in [2.05, 4.69) is 27.0 Å². The zero-order chi connectivity index (χ0) is 27.2. The van der Waals surface area contributed by atoms with Gasteiger partial charge in [0.2, 0.25) is 0 Å². The van der Waals surface area contributed by atoms with Gasteiger partial charge in [-0.05, 0) is 55.8 Å². The number of halogens is 1. The normalized spacial score (nSPS) is 13.4. The Labute approximate surface area is 232 Å². The maximum Gasteiger partial charge on any atom is 0.251 e. The standard InChI is InChI=1S/C30H31FN6OS/c1-21-22(2)34-30(35-28(21)37-16-14-36(15-17-37)27-12-4-3-11-26(27)31)39-20-23-8-7-9-24(18-23)29(38)33-19-25-10-5-6-13-32-25/h3-13,18H,14-17,19-20H2,1-2H3,(H,33,38). The highest BCUT2D eigenvalue weighted by atomic mass is 32.2. The topological polar surface area (TPSA) is 74.2 Å². The van der Waals surface area contributed by atoms with Crippen LogP contribution in [0.15, 0.2) is 78.1 Å². The molecule has 1 fully saturated rings. The first-order valence-corrected chi connectivity index (χ1v) is 14.0. The smallest absolute Gasteiger partial charge is 0.251 e. The molecule has 1 amide bonds. The van der Waals surface area contributed by atoms with Crippen LogP contribution in [0.5, 0.6) is 0 Å². The number of anilines is 2. The molecule has 5 rings (SSSR count). The highest BCUT2D eigenvalue weighted by Gasteiger charge is 2.23. The summed E-state index contributed by atoms with van der Waals surface area (Å²) >= 11 is 1.55. The molecule has 1 N–H and O–H groups in total. The van der Waals surface area contributed by atoms with Crippen molar-refractivity contribution in [1.82, 2.24) is 20.3 Å². The van der Waals surface area contributed by atoms with Gasteiger partial charge in [-0.1, -0.05) is 42.1 Å². The van der Waals surface area contributed by atoms with Gasteiger partial charge in [0.15, 0.2) is 5.16 Å². The van der Waals surface area contributed by atoms with Crippen LogP contribution in [-0.4, -0.2) is 47.0 Å². The zero-order valence-electron chi connectivity index (χ0n) is 22.1. The predicted octanol–water partition coefficient (Wildman–Crippen LogP) is 5.18. The number of rotatable bonds is 8. The molecule has 3 heterocycles. The van der Waals surface area contributed by atoms with E-state index >= 15 is 0 Å². The fourth-order valence-corrected chi connectivity index (χ4v) is 5.38. The van der Waals surface area contributed by atoms with Crippen molar-refractivity contribution in [2.24, 2.45) is 0 Å². The summed E-state index contributed by atoms with van der Waals surface area (Å²) in [7, 11) is 0. The van der Waals surface area contributed by atoms with Crippen molar-refractivity contribution in [3.05, 3.63) is 107 Å². The van der Waals surface area contributed by atoms with Crippen LogP contribution in [0.25, 0.3) is 0 Å². The van der Waals surface area contributed by atoms with Gasteiger partial charge < -0.3 is 15.1 Å². The fraction of sp³-hybridized carbons (Fsp3) is 0.267. The molecule has 0 spiro atoms. The van der Waals surface area contributed by atoms with Crippen molar-refractivity contribution in [2.75, 3.05) is 36.0 Å². The largest absolute Gasteiger partial charge is 0.366 e. The summed E-state index contributed by atoms with van der Waals surface area (Å²) in [5, 5.41) is 3.63. The van der Waals surface area contributed by atoms with E-state index < -0.39 is 0 Å². The third-order valence-electron chi connectivity index (χ3n) is 6.83. The summed E-state index contributed by atoms with van der Waals surface area (Å²) in [6.07, 6.45) is 1.71. The number of nitrogens with zero attached hydrogens (tertiary/aromatic N) is 5. The number of aryl methyl sites for hydroxylation is 1. The molecule has 0 aliphatic carbocycles. The van der Waals surface area contributed by atoms with Gasteiger partial charge in [-0.25, -0.2) is 14.4 Å². The van der Waals surface area contributed by atoms with Gasteiger partial charge in [0, 0.05) is 54.9 Å². The quantitative estimate of drug-likeness (QED) is 0.243. The number of carbonyl (C=O) groups excluding carboxylic acids is 1. The Hall–Kier alpha value is -3.98. The van der Waals surface area contributed by atoms with E-state index in [0.29, 0.717) is 28.7 Å². The monoisotopic (exact) mass is 542 g/mol. The van der Waals surface area contributed by atoms with Gasteiger partial charge in [0.05, 0.1) is 17.9 Å². The maximum absolute atomic E-state index is 14.3. The van der Waals surface area contributed by atoms with Gasteiger partial charge in [0.25, 0.3) is 5.91 Å². The lowest BCUT2D eigenvalue weighted by Gasteiger charge is -2.37. The van der Waals surface area contributed by atoms with Crippen molar-refractivity contribution < 1.29 is 9.18 Å². The second-order valence-corrected chi connectivity index (χ2v) is 10.4. The molecule has 0 unspecified atom stereocenters. The van der Waals surface area contributed by atoms with Crippen molar-refractivity contribution >= 4 is 29.2 Å². The van der Waals surface area contributed by atoms with E-state index in [4.69, 9.17) is 9.97 Å². The molecule has 0 saturated carbocycles. The second kappa shape index (κ2) is 12.3. The number of hydrogen-bond donors (Lipinski definition) is 1. The summed E-state index contributed by atoms with van der Waals surface area (Å²) in [6.45, 7) is 7.40. The first-order valence-electron chi connectivity index (χ1n) is 13.0. The predicted molar refractivity (Wildman–Crippen MR) is 154 cm³/mol. The molecule has 0 atom stereocenters. The number of amides is 1. The van der Waals surface area contributed by atoms with Crippen LogP contribution < -0.4 is 15.1 Å². The van der Waals surface area contributed by atoms with Crippen molar-refractivity contribution in [3.63, 3.8) is 0 Å². The van der Waals surface area contributed by atoms with Crippen LogP contribution in [0, 0.1) is 19.7 Å². The van der Waals surface area contributed by atoms with Gasteiger partial charge in [0.1, 0.15) is 11.6 Å². The molecular weight excluding hydrogens is 511 g/mol. The van der Waals surface area contributed by atoms with E-state index in [1.807, 2.05) is 61.5 Å². The number of carbonyl (C=O) groups is 1. The van der Waals surface area contributed by atoms with E-state index in [9.17, 15) is 9.18 Å². The SMILES string of the molecule is Cc1nc(SCc2cccc(C(=O)NCc3ccccn3)c2)nc(N2CCN(c3ccccc3F)CC2)c1C. The number of para-hydroxylation sites is 1. The molecule has 2 aromatic carbocycles. The average Bonchev–Trinajstić information content (AvgIpc) is 2.97. The zero-order valence-corrected chi connectivity index (χ0v) is 22.9. The first kappa shape index (κ1) is 26.6. The summed E-state index contributed by atoms with van der Waals surface area (Å²) in [5.41, 5.74) is 5.10. The fourth-order valence-electron chi connectivity index (χ4n) is 4.55. The summed E-state index contributed by atoms with van der Waals surface area (Å²) in [4.78, 5) is 30.9. The lowest BCUT2D eigenvalue weighted by molar-refractivity contribution is 0.0950. The molecule has 7 nitrogen and oxygen atoms in total. The number of hydrogen-bond acceptors (Lipinski definition) is 7. The Kier molecular flexibility index (Phi) is 8.36. The molecule has 1 aliphatic heterocycles. The minimum atomic E-state index is -0.187. The minimum absolute atomic E-state index is 0.133. The molecule has 39 heavy (non-hydrogen) atoms. The maximum atomic E-state index is 14.3. The lowest BCUT2D eigenvalue weighted by atomic mass is 10.1. The molecule has 200 valence electrons. The van der Waals surface area contributed by atoms with Gasteiger partial charge in [-0.15, -0.1) is 0 Å². The molecular formula is C30H31FN6OS. The molecule has 1 saturated heterocycles. The second-order valence-electron chi connectivity index (χ2n) is 9.46. The lowest BCUT2D eigenvalue weighted by Crippen LogP contribution is -2.47. The number of thioether (sulfide) groups is 1. The van der Waals surface area contributed by atoms with Crippen molar-refractivity contribution in [2.45, 2.75) is 31.3 Å². The molecule has 9 heteroatoms. The van der Waals surface area contributed by atoms with E-state index in [1.165, 1.54) is 6.07 Å². The van der Waals surface area contributed by atoms with Gasteiger partial charge in [-0.3, -0.25) is 9.78 Å². The molecule has 0 radical (unpaired) electrons. The number of benzene rings is 2. The van der Waals surface area contributed by atoms with Crippen LogP contribution in [0.4, 0.5) is 15.9 Å². The van der Waals surface area contributed by atoms with Crippen LogP contribution in [0.2, 0.25) is 0 Å². The highest BCUT2D eigenvalue weighted by molar-refractivity contribution is 7.98. The Balaban J connectivity index is 1.22. The highest BCUT2D eigenvalue weighted by Crippen LogP contribution is 2.28. The minimum Gasteiger partial charge on any atom is -0.366 e. The van der Waals surface area contributed by atoms with Crippen LogP contribution in [0.3, 0.4) is 0 Å². The molecule has 0 bridgehead atoms. The van der Waals surface area contributed by atoms with Crippen LogP contribution in [0.1, 0.15) is 32.9 Å². The number of piperazine rings is 1.